The second-order valence-corrected chi connectivity index (χ2v) is 4.84. The molecule has 1 amide bonds. The number of nitrogens with one attached hydrogen (secondary N) is 2. The lowest BCUT2D eigenvalue weighted by atomic mass is 10.2. The topological polar surface area (TPSA) is 124 Å². The number of pyridine rings is 1. The molecule has 8 nitrogen and oxygen atoms in total. The van der Waals surface area contributed by atoms with Gasteiger partial charge in [0, 0.05) is 31.9 Å². The van der Waals surface area contributed by atoms with E-state index in [9.17, 15) is 4.79 Å². The number of primary amides is 1. The Labute approximate surface area is 122 Å². The van der Waals surface area contributed by atoms with Gasteiger partial charge in [-0.25, -0.2) is 4.98 Å². The zero-order valence-corrected chi connectivity index (χ0v) is 12.0. The minimum absolute atomic E-state index is 0.00742. The van der Waals surface area contributed by atoms with E-state index in [0.717, 1.165) is 5.69 Å². The van der Waals surface area contributed by atoms with Crippen LogP contribution in [-0.4, -0.2) is 33.3 Å². The number of nitrogens with zero attached hydrogens (tertiary/aromatic N) is 3. The van der Waals surface area contributed by atoms with E-state index in [1.807, 2.05) is 6.92 Å². The van der Waals surface area contributed by atoms with Crippen LogP contribution in [0.15, 0.2) is 24.5 Å². The predicted octanol–water partition coefficient (Wildman–Crippen LogP) is 0.417. The largest absolute Gasteiger partial charge is 0.382 e. The standard InChI is InChI=1S/C13H19N7O/c1-8(14)6-16-9-5-10(12(13(15)21)17-7-9)18-11-3-4-20(2)19-11/h3-5,7-8,16H,6,14H2,1-2H3,(H2,15,21)(H,18,19)/t8-/m0/s1. The Hall–Kier alpha value is -2.61. The third-order valence-corrected chi connectivity index (χ3v) is 2.73. The number of aryl methyl sites for hydroxylation is 1. The van der Waals surface area contributed by atoms with Gasteiger partial charge in [0.05, 0.1) is 17.6 Å². The average molecular weight is 289 g/mol. The first-order valence-electron chi connectivity index (χ1n) is 6.51. The maximum absolute atomic E-state index is 11.4. The van der Waals surface area contributed by atoms with Crippen molar-refractivity contribution >= 4 is 23.1 Å². The Balaban J connectivity index is 2.26. The molecule has 2 heterocycles. The molecule has 1 atom stereocenters. The van der Waals surface area contributed by atoms with Crippen molar-refractivity contribution in [1.82, 2.24) is 14.8 Å². The van der Waals surface area contributed by atoms with E-state index >= 15 is 0 Å². The summed E-state index contributed by atoms with van der Waals surface area (Å²) in [7, 11) is 1.80. The normalized spacial score (nSPS) is 12.0. The molecule has 21 heavy (non-hydrogen) atoms. The van der Waals surface area contributed by atoms with Gasteiger partial charge in [-0.05, 0) is 13.0 Å². The molecule has 2 aromatic heterocycles. The quantitative estimate of drug-likeness (QED) is 0.611. The number of rotatable bonds is 6. The van der Waals surface area contributed by atoms with E-state index in [1.165, 1.54) is 0 Å². The van der Waals surface area contributed by atoms with E-state index in [-0.39, 0.29) is 11.7 Å². The predicted molar refractivity (Wildman–Crippen MR) is 81.4 cm³/mol. The van der Waals surface area contributed by atoms with Gasteiger partial charge in [0.2, 0.25) is 0 Å². The van der Waals surface area contributed by atoms with Crippen molar-refractivity contribution in [2.24, 2.45) is 18.5 Å². The first-order chi connectivity index (χ1) is 9.95. The van der Waals surface area contributed by atoms with E-state index in [1.54, 1.807) is 36.3 Å². The Morgan fingerprint density at radius 2 is 2.29 bits per heavy atom. The number of nitrogens with two attached hydrogens (primary N) is 2. The minimum atomic E-state index is -0.604. The summed E-state index contributed by atoms with van der Waals surface area (Å²) < 4.78 is 1.65. The third-order valence-electron chi connectivity index (χ3n) is 2.73. The molecule has 2 rings (SSSR count). The molecule has 0 aliphatic heterocycles. The lowest BCUT2D eigenvalue weighted by Crippen LogP contribution is -2.25. The number of aromatic nitrogens is 3. The number of anilines is 3. The van der Waals surface area contributed by atoms with Crippen LogP contribution < -0.4 is 22.1 Å². The van der Waals surface area contributed by atoms with Crippen molar-refractivity contribution in [2.45, 2.75) is 13.0 Å². The Bertz CT molecular complexity index is 635. The van der Waals surface area contributed by atoms with E-state index in [4.69, 9.17) is 11.5 Å². The molecule has 0 spiro atoms. The van der Waals surface area contributed by atoms with Gasteiger partial charge >= 0.3 is 0 Å². The van der Waals surface area contributed by atoms with Crippen molar-refractivity contribution in [2.75, 3.05) is 17.2 Å². The van der Waals surface area contributed by atoms with Crippen LogP contribution in [0.5, 0.6) is 0 Å². The van der Waals surface area contributed by atoms with Gasteiger partial charge in [0.25, 0.3) is 5.91 Å². The van der Waals surface area contributed by atoms with Crippen molar-refractivity contribution in [1.29, 1.82) is 0 Å². The maximum Gasteiger partial charge on any atom is 0.269 e. The summed E-state index contributed by atoms with van der Waals surface area (Å²) in [6.45, 7) is 2.49. The molecule has 0 fully saturated rings. The molecule has 0 aliphatic carbocycles. The Morgan fingerprint density at radius 1 is 1.52 bits per heavy atom. The monoisotopic (exact) mass is 289 g/mol. The Morgan fingerprint density at radius 3 is 2.86 bits per heavy atom. The Kier molecular flexibility index (Phi) is 4.39. The second-order valence-electron chi connectivity index (χ2n) is 4.84. The lowest BCUT2D eigenvalue weighted by molar-refractivity contribution is 0.0996. The summed E-state index contributed by atoms with van der Waals surface area (Å²) in [6.07, 6.45) is 3.34. The zero-order chi connectivity index (χ0) is 15.4. The molecule has 112 valence electrons. The van der Waals surface area contributed by atoms with Crippen molar-refractivity contribution in [3.05, 3.63) is 30.2 Å². The van der Waals surface area contributed by atoms with Gasteiger partial charge in [-0.2, -0.15) is 5.10 Å². The van der Waals surface area contributed by atoms with Gasteiger partial charge in [-0.3, -0.25) is 9.48 Å². The highest BCUT2D eigenvalue weighted by atomic mass is 16.1. The fraction of sp³-hybridized carbons (Fsp3) is 0.308. The van der Waals surface area contributed by atoms with Crippen molar-refractivity contribution in [3.8, 4) is 0 Å². The highest BCUT2D eigenvalue weighted by molar-refractivity contribution is 5.97. The number of hydrogen-bond donors (Lipinski definition) is 4. The highest BCUT2D eigenvalue weighted by Crippen LogP contribution is 2.21. The van der Waals surface area contributed by atoms with Crippen LogP contribution in [0.3, 0.4) is 0 Å². The molecule has 0 aromatic carbocycles. The van der Waals surface area contributed by atoms with Crippen LogP contribution in [-0.2, 0) is 7.05 Å². The van der Waals surface area contributed by atoms with Crippen molar-refractivity contribution in [3.63, 3.8) is 0 Å². The van der Waals surface area contributed by atoms with Crippen LogP contribution in [0.2, 0.25) is 0 Å². The van der Waals surface area contributed by atoms with Crippen LogP contribution >= 0.6 is 0 Å². The number of hydrogen-bond acceptors (Lipinski definition) is 6. The maximum atomic E-state index is 11.4. The van der Waals surface area contributed by atoms with Crippen LogP contribution in [0.25, 0.3) is 0 Å². The molecule has 0 aliphatic rings. The van der Waals surface area contributed by atoms with Gasteiger partial charge in [0.15, 0.2) is 11.5 Å². The minimum Gasteiger partial charge on any atom is -0.382 e. The van der Waals surface area contributed by atoms with Gasteiger partial charge in [0.1, 0.15) is 0 Å². The smallest absolute Gasteiger partial charge is 0.269 e. The molecule has 0 radical (unpaired) electrons. The summed E-state index contributed by atoms with van der Waals surface area (Å²) in [5.41, 5.74) is 12.4. The number of carbonyl (C=O) groups excluding carboxylic acids is 1. The van der Waals surface area contributed by atoms with Crippen molar-refractivity contribution < 1.29 is 4.79 Å². The first-order valence-corrected chi connectivity index (χ1v) is 6.51. The average Bonchev–Trinajstić information content (AvgIpc) is 2.81. The molecular weight excluding hydrogens is 270 g/mol. The molecule has 0 saturated carbocycles. The van der Waals surface area contributed by atoms with E-state index in [2.05, 4.69) is 20.7 Å². The van der Waals surface area contributed by atoms with Crippen LogP contribution in [0.4, 0.5) is 17.2 Å². The third kappa shape index (κ3) is 3.93. The molecule has 2 aromatic rings. The van der Waals surface area contributed by atoms with Crippen LogP contribution in [0, 0.1) is 0 Å². The highest BCUT2D eigenvalue weighted by Gasteiger charge is 2.12. The summed E-state index contributed by atoms with van der Waals surface area (Å²) in [5.74, 6) is -0.00156. The number of carbonyl (C=O) groups is 1. The molecule has 6 N–H and O–H groups in total. The van der Waals surface area contributed by atoms with Gasteiger partial charge in [-0.1, -0.05) is 0 Å². The number of amides is 1. The molecule has 8 heteroatoms. The summed E-state index contributed by atoms with van der Waals surface area (Å²) >= 11 is 0. The summed E-state index contributed by atoms with van der Waals surface area (Å²) in [4.78, 5) is 15.5. The zero-order valence-electron chi connectivity index (χ0n) is 12.0. The summed E-state index contributed by atoms with van der Waals surface area (Å²) in [5, 5.41) is 10.4. The second kappa shape index (κ2) is 6.23. The van der Waals surface area contributed by atoms with Gasteiger partial charge in [-0.15, -0.1) is 0 Å². The van der Waals surface area contributed by atoms with E-state index < -0.39 is 5.91 Å². The SMILES string of the molecule is C[C@H](N)CNc1cnc(C(N)=O)c(Nc2ccn(C)n2)c1. The summed E-state index contributed by atoms with van der Waals surface area (Å²) in [6, 6.07) is 3.55. The molecule has 0 saturated heterocycles. The lowest BCUT2D eigenvalue weighted by Gasteiger charge is -2.12. The van der Waals surface area contributed by atoms with E-state index in [0.29, 0.717) is 18.1 Å². The fourth-order valence-electron chi connectivity index (χ4n) is 1.75. The molecule has 0 bridgehead atoms. The van der Waals surface area contributed by atoms with Crippen LogP contribution in [0.1, 0.15) is 17.4 Å². The van der Waals surface area contributed by atoms with Gasteiger partial charge < -0.3 is 22.1 Å². The first kappa shape index (κ1) is 14.8. The molecular formula is C13H19N7O. The fourth-order valence-corrected chi connectivity index (χ4v) is 1.75. The molecule has 0 unspecified atom stereocenters.